The van der Waals surface area contributed by atoms with E-state index in [2.05, 4.69) is 30.4 Å². The molecule has 0 aromatic carbocycles. The van der Waals surface area contributed by atoms with Crippen molar-refractivity contribution in [3.05, 3.63) is 35.9 Å². The number of hydrogen-bond acceptors (Lipinski definition) is 6. The van der Waals surface area contributed by atoms with E-state index in [1.54, 1.807) is 18.6 Å². The number of carboxylic acids is 1. The van der Waals surface area contributed by atoms with Crippen LogP contribution in [0.4, 0.5) is 5.95 Å². The lowest BCUT2D eigenvalue weighted by atomic mass is 9.95. The summed E-state index contributed by atoms with van der Waals surface area (Å²) >= 11 is 0. The van der Waals surface area contributed by atoms with E-state index in [0.717, 1.165) is 31.6 Å². The number of piperidine rings is 1. The molecule has 0 bridgehead atoms. The van der Waals surface area contributed by atoms with Crippen molar-refractivity contribution in [2.75, 3.05) is 25.0 Å². The van der Waals surface area contributed by atoms with E-state index < -0.39 is 5.97 Å². The molecule has 1 aliphatic rings. The minimum Gasteiger partial charge on any atom is -0.480 e. The fourth-order valence-corrected chi connectivity index (χ4v) is 2.89. The van der Waals surface area contributed by atoms with E-state index in [0.29, 0.717) is 11.9 Å². The fourth-order valence-electron chi connectivity index (χ4n) is 2.89. The highest BCUT2D eigenvalue weighted by molar-refractivity contribution is 5.71. The number of nitrogens with one attached hydrogen (secondary N) is 2. The molecule has 0 unspecified atom stereocenters. The summed E-state index contributed by atoms with van der Waals surface area (Å²) in [5.41, 5.74) is 2.22. The zero-order valence-corrected chi connectivity index (χ0v) is 12.8. The van der Waals surface area contributed by atoms with Crippen LogP contribution in [0.3, 0.4) is 0 Å². The molecule has 3 rings (SSSR count). The summed E-state index contributed by atoms with van der Waals surface area (Å²) in [6.07, 6.45) is 7.62. The third-order valence-corrected chi connectivity index (χ3v) is 3.98. The number of H-pyrrole nitrogens is 1. The van der Waals surface area contributed by atoms with E-state index in [9.17, 15) is 4.79 Å². The molecule has 122 valence electrons. The van der Waals surface area contributed by atoms with Crippen molar-refractivity contribution < 1.29 is 9.90 Å². The van der Waals surface area contributed by atoms with Crippen molar-refractivity contribution in [2.24, 2.45) is 0 Å². The molecule has 2 aromatic heterocycles. The normalized spacial score (nSPS) is 18.7. The topological polar surface area (TPSA) is 107 Å². The average molecular weight is 316 g/mol. The first-order valence-electron chi connectivity index (χ1n) is 7.69. The SMILES string of the molecule is O=C(O)CNc1ncc(CN2CCC[C@@H](c3ccn[nH]3)C2)cn1. The lowest BCUT2D eigenvalue weighted by Crippen LogP contribution is -2.34. The molecule has 0 saturated carbocycles. The number of likely N-dealkylation sites (tertiary alicyclic amines) is 1. The molecule has 1 fully saturated rings. The smallest absolute Gasteiger partial charge is 0.322 e. The van der Waals surface area contributed by atoms with E-state index in [1.807, 2.05) is 6.07 Å². The maximum Gasteiger partial charge on any atom is 0.322 e. The summed E-state index contributed by atoms with van der Waals surface area (Å²) in [5, 5.41) is 18.4. The van der Waals surface area contributed by atoms with Crippen LogP contribution in [0.2, 0.25) is 0 Å². The van der Waals surface area contributed by atoms with Crippen LogP contribution in [0.5, 0.6) is 0 Å². The summed E-state index contributed by atoms with van der Waals surface area (Å²) in [4.78, 5) is 21.2. The summed E-state index contributed by atoms with van der Waals surface area (Å²) in [5.74, 6) is -0.107. The highest BCUT2D eigenvalue weighted by Gasteiger charge is 2.22. The van der Waals surface area contributed by atoms with Gasteiger partial charge in [-0.2, -0.15) is 5.10 Å². The minimum atomic E-state index is -0.934. The van der Waals surface area contributed by atoms with Gasteiger partial charge in [0.1, 0.15) is 6.54 Å². The number of hydrogen-bond donors (Lipinski definition) is 3. The molecule has 1 saturated heterocycles. The molecule has 8 nitrogen and oxygen atoms in total. The molecule has 3 heterocycles. The molecule has 1 aliphatic heterocycles. The molecule has 8 heteroatoms. The van der Waals surface area contributed by atoms with Crippen molar-refractivity contribution in [3.8, 4) is 0 Å². The predicted octanol–water partition coefficient (Wildman–Crippen LogP) is 1.08. The van der Waals surface area contributed by atoms with Crippen molar-refractivity contribution in [2.45, 2.75) is 25.3 Å². The van der Waals surface area contributed by atoms with Crippen molar-refractivity contribution in [1.82, 2.24) is 25.1 Å². The molecular weight excluding hydrogens is 296 g/mol. The van der Waals surface area contributed by atoms with E-state index in [4.69, 9.17) is 5.11 Å². The van der Waals surface area contributed by atoms with Crippen LogP contribution in [-0.2, 0) is 11.3 Å². The molecule has 0 aliphatic carbocycles. The zero-order valence-electron chi connectivity index (χ0n) is 12.8. The Balaban J connectivity index is 1.55. The largest absolute Gasteiger partial charge is 0.480 e. The van der Waals surface area contributed by atoms with Crippen LogP contribution < -0.4 is 5.32 Å². The molecule has 0 amide bonds. The second kappa shape index (κ2) is 7.19. The number of anilines is 1. The highest BCUT2D eigenvalue weighted by Crippen LogP contribution is 2.26. The summed E-state index contributed by atoms with van der Waals surface area (Å²) in [6.45, 7) is 2.66. The quantitative estimate of drug-likeness (QED) is 0.732. The zero-order chi connectivity index (χ0) is 16.1. The second-order valence-corrected chi connectivity index (χ2v) is 5.75. The average Bonchev–Trinajstić information content (AvgIpc) is 3.09. The maximum atomic E-state index is 10.5. The van der Waals surface area contributed by atoms with Gasteiger partial charge < -0.3 is 10.4 Å². The van der Waals surface area contributed by atoms with Gasteiger partial charge in [0, 0.05) is 48.9 Å². The van der Waals surface area contributed by atoms with Crippen molar-refractivity contribution in [3.63, 3.8) is 0 Å². The summed E-state index contributed by atoms with van der Waals surface area (Å²) < 4.78 is 0. The predicted molar refractivity (Wildman–Crippen MR) is 84.0 cm³/mol. The van der Waals surface area contributed by atoms with Gasteiger partial charge in [0.2, 0.25) is 5.95 Å². The van der Waals surface area contributed by atoms with Gasteiger partial charge in [-0.3, -0.25) is 14.8 Å². The standard InChI is InChI=1S/C15H20N6O2/c22-14(23)8-18-15-16-6-11(7-17-15)9-21-5-1-2-12(10-21)13-3-4-19-20-13/h3-4,6-7,12H,1-2,5,8-10H2,(H,19,20)(H,22,23)(H,16,17,18)/t12-/m1/s1. The highest BCUT2D eigenvalue weighted by atomic mass is 16.4. The Labute approximate surface area is 134 Å². The van der Waals surface area contributed by atoms with Gasteiger partial charge in [0.25, 0.3) is 0 Å². The van der Waals surface area contributed by atoms with Crippen LogP contribution >= 0.6 is 0 Å². The first kappa shape index (κ1) is 15.4. The molecule has 0 spiro atoms. The molecule has 1 atom stereocenters. The van der Waals surface area contributed by atoms with Gasteiger partial charge in [0.05, 0.1) is 0 Å². The molecule has 23 heavy (non-hydrogen) atoms. The molecular formula is C15H20N6O2. The Morgan fingerprint density at radius 3 is 2.96 bits per heavy atom. The molecule has 2 aromatic rings. The van der Waals surface area contributed by atoms with Crippen molar-refractivity contribution in [1.29, 1.82) is 0 Å². The summed E-state index contributed by atoms with van der Waals surface area (Å²) in [6, 6.07) is 2.04. The number of carboxylic acid groups (broad SMARTS) is 1. The third kappa shape index (κ3) is 4.26. The fraction of sp³-hybridized carbons (Fsp3) is 0.467. The number of aromatic amines is 1. The van der Waals surface area contributed by atoms with Gasteiger partial charge >= 0.3 is 5.97 Å². The van der Waals surface area contributed by atoms with Crippen molar-refractivity contribution >= 4 is 11.9 Å². The summed E-state index contributed by atoms with van der Waals surface area (Å²) in [7, 11) is 0. The van der Waals surface area contributed by atoms with Crippen LogP contribution in [0, 0.1) is 0 Å². The number of rotatable bonds is 6. The maximum absolute atomic E-state index is 10.5. The van der Waals surface area contributed by atoms with E-state index in [1.165, 1.54) is 12.1 Å². The third-order valence-electron chi connectivity index (χ3n) is 3.98. The number of aromatic nitrogens is 4. The Morgan fingerprint density at radius 1 is 1.43 bits per heavy atom. The Kier molecular flexibility index (Phi) is 4.82. The first-order valence-corrected chi connectivity index (χ1v) is 7.69. The van der Waals surface area contributed by atoms with Crippen LogP contribution in [0.1, 0.15) is 30.0 Å². The van der Waals surface area contributed by atoms with E-state index >= 15 is 0 Å². The van der Waals surface area contributed by atoms with Gasteiger partial charge in [-0.1, -0.05) is 0 Å². The van der Waals surface area contributed by atoms with Crippen LogP contribution in [0.25, 0.3) is 0 Å². The second-order valence-electron chi connectivity index (χ2n) is 5.75. The first-order chi connectivity index (χ1) is 11.2. The number of carbonyl (C=O) groups is 1. The lowest BCUT2D eigenvalue weighted by molar-refractivity contribution is -0.134. The van der Waals surface area contributed by atoms with Gasteiger partial charge in [-0.15, -0.1) is 0 Å². The Bertz CT molecular complexity index is 628. The Hall–Kier alpha value is -2.48. The van der Waals surface area contributed by atoms with Crippen LogP contribution in [0.15, 0.2) is 24.7 Å². The molecule has 3 N–H and O–H groups in total. The monoisotopic (exact) mass is 316 g/mol. The van der Waals surface area contributed by atoms with Gasteiger partial charge in [0.15, 0.2) is 0 Å². The molecule has 0 radical (unpaired) electrons. The van der Waals surface area contributed by atoms with Gasteiger partial charge in [-0.25, -0.2) is 9.97 Å². The minimum absolute atomic E-state index is 0.183. The number of aliphatic carboxylic acids is 1. The van der Waals surface area contributed by atoms with E-state index in [-0.39, 0.29) is 6.54 Å². The van der Waals surface area contributed by atoms with Gasteiger partial charge in [-0.05, 0) is 25.5 Å². The lowest BCUT2D eigenvalue weighted by Gasteiger charge is -2.32. The Morgan fingerprint density at radius 2 is 2.26 bits per heavy atom. The van der Waals surface area contributed by atoms with Crippen LogP contribution in [-0.4, -0.2) is 55.8 Å². The number of nitrogens with zero attached hydrogens (tertiary/aromatic N) is 4.